The van der Waals surface area contributed by atoms with Crippen molar-refractivity contribution >= 4 is 11.6 Å². The third-order valence-corrected chi connectivity index (χ3v) is 8.61. The third kappa shape index (κ3) is 6.52. The highest BCUT2D eigenvalue weighted by molar-refractivity contribution is 6.00. The summed E-state index contributed by atoms with van der Waals surface area (Å²) in [4.78, 5) is 23.4. The minimum atomic E-state index is -0.0652. The number of benzene rings is 3. The highest BCUT2D eigenvalue weighted by Crippen LogP contribution is 2.40. The van der Waals surface area contributed by atoms with E-state index >= 15 is 0 Å². The van der Waals surface area contributed by atoms with Crippen LogP contribution >= 0.6 is 0 Å². The van der Waals surface area contributed by atoms with E-state index < -0.39 is 0 Å². The van der Waals surface area contributed by atoms with Crippen LogP contribution < -0.4 is 14.4 Å². The smallest absolute Gasteiger partial charge is 0.255 e. The molecule has 0 N–H and O–H groups in total. The molecule has 2 aliphatic heterocycles. The predicted octanol–water partition coefficient (Wildman–Crippen LogP) is 5.46. The van der Waals surface area contributed by atoms with Crippen molar-refractivity contribution in [2.24, 2.45) is 0 Å². The summed E-state index contributed by atoms with van der Waals surface area (Å²) in [5.74, 6) is 1.50. The SMILES string of the molecule is CCN1CCN(c2cccc3c2CN([C@H](CCCN(C)Cc2ccccc2)c2ccc(OC)c(OC)c2)C3=O)CC1. The maximum Gasteiger partial charge on any atom is 0.255 e. The molecule has 7 nitrogen and oxygen atoms in total. The van der Waals surface area contributed by atoms with Gasteiger partial charge in [-0.1, -0.05) is 49.4 Å². The van der Waals surface area contributed by atoms with E-state index in [1.807, 2.05) is 24.3 Å². The van der Waals surface area contributed by atoms with E-state index in [2.05, 4.69) is 76.0 Å². The lowest BCUT2D eigenvalue weighted by molar-refractivity contribution is 0.0686. The molecule has 1 atom stereocenters. The van der Waals surface area contributed by atoms with Crippen molar-refractivity contribution in [2.75, 3.05) is 65.4 Å². The molecule has 1 saturated heterocycles. The first kappa shape index (κ1) is 29.0. The van der Waals surface area contributed by atoms with E-state index in [1.165, 1.54) is 11.3 Å². The van der Waals surface area contributed by atoms with Crippen LogP contribution in [0.3, 0.4) is 0 Å². The second kappa shape index (κ2) is 13.4. The number of piperazine rings is 1. The molecular weight excluding hydrogens is 512 g/mol. The summed E-state index contributed by atoms with van der Waals surface area (Å²) < 4.78 is 11.2. The molecule has 0 aliphatic carbocycles. The summed E-state index contributed by atoms with van der Waals surface area (Å²) in [6.45, 7) is 9.88. The molecule has 0 saturated carbocycles. The van der Waals surface area contributed by atoms with Crippen LogP contribution in [0.2, 0.25) is 0 Å². The summed E-state index contributed by atoms with van der Waals surface area (Å²) in [6, 6.07) is 22.8. The van der Waals surface area contributed by atoms with Crippen LogP contribution in [0.4, 0.5) is 5.69 Å². The van der Waals surface area contributed by atoms with Gasteiger partial charge < -0.3 is 29.1 Å². The predicted molar refractivity (Wildman–Crippen MR) is 165 cm³/mol. The van der Waals surface area contributed by atoms with Crippen LogP contribution in [0.1, 0.15) is 52.9 Å². The second-order valence-corrected chi connectivity index (χ2v) is 11.2. The Kier molecular flexibility index (Phi) is 9.47. The Bertz CT molecular complexity index is 1310. The van der Waals surface area contributed by atoms with E-state index in [0.29, 0.717) is 18.0 Å². The Hall–Kier alpha value is -3.55. The van der Waals surface area contributed by atoms with Gasteiger partial charge in [-0.05, 0) is 68.4 Å². The van der Waals surface area contributed by atoms with Crippen molar-refractivity contribution < 1.29 is 14.3 Å². The van der Waals surface area contributed by atoms with E-state index in [-0.39, 0.29) is 11.9 Å². The molecule has 2 aliphatic rings. The van der Waals surface area contributed by atoms with Gasteiger partial charge in [0.25, 0.3) is 5.91 Å². The minimum absolute atomic E-state index is 0.0652. The normalized spacial score (nSPS) is 16.3. The second-order valence-electron chi connectivity index (χ2n) is 11.2. The number of hydrogen-bond acceptors (Lipinski definition) is 6. The number of likely N-dealkylation sites (N-methyl/N-ethyl adjacent to an activating group) is 1. The molecule has 0 aromatic heterocycles. The average Bonchev–Trinajstić information content (AvgIpc) is 3.35. The summed E-state index contributed by atoms with van der Waals surface area (Å²) >= 11 is 0. The van der Waals surface area contributed by atoms with Crippen molar-refractivity contribution in [3.05, 3.63) is 89.0 Å². The van der Waals surface area contributed by atoms with E-state index in [1.54, 1.807) is 14.2 Å². The quantitative estimate of drug-likeness (QED) is 0.296. The van der Waals surface area contributed by atoms with Gasteiger partial charge in [-0.15, -0.1) is 0 Å². The van der Waals surface area contributed by atoms with Gasteiger partial charge in [0.15, 0.2) is 11.5 Å². The topological polar surface area (TPSA) is 48.5 Å². The van der Waals surface area contributed by atoms with E-state index in [9.17, 15) is 4.79 Å². The fraction of sp³-hybridized carbons (Fsp3) is 0.441. The fourth-order valence-corrected chi connectivity index (χ4v) is 6.28. The molecule has 41 heavy (non-hydrogen) atoms. The van der Waals surface area contributed by atoms with Crippen LogP contribution in [0.5, 0.6) is 11.5 Å². The Labute approximate surface area is 245 Å². The molecular formula is C34H44N4O3. The van der Waals surface area contributed by atoms with Crippen LogP contribution in [-0.2, 0) is 13.1 Å². The molecule has 0 radical (unpaired) electrons. The Morgan fingerprint density at radius 2 is 1.66 bits per heavy atom. The molecule has 0 unspecified atom stereocenters. The first-order valence-corrected chi connectivity index (χ1v) is 14.9. The zero-order valence-corrected chi connectivity index (χ0v) is 25.0. The molecule has 7 heteroatoms. The summed E-state index contributed by atoms with van der Waals surface area (Å²) in [7, 11) is 5.48. The summed E-state index contributed by atoms with van der Waals surface area (Å²) in [6.07, 6.45) is 1.83. The number of rotatable bonds is 12. The van der Waals surface area contributed by atoms with Gasteiger partial charge in [0.05, 0.1) is 20.3 Å². The molecule has 3 aromatic rings. The van der Waals surface area contributed by atoms with Gasteiger partial charge in [-0.3, -0.25) is 4.79 Å². The van der Waals surface area contributed by atoms with Crippen LogP contribution in [0.25, 0.3) is 0 Å². The van der Waals surface area contributed by atoms with Gasteiger partial charge in [0.1, 0.15) is 0 Å². The first-order valence-electron chi connectivity index (χ1n) is 14.9. The zero-order chi connectivity index (χ0) is 28.8. The molecule has 3 aromatic carbocycles. The monoisotopic (exact) mass is 556 g/mol. The fourth-order valence-electron chi connectivity index (χ4n) is 6.28. The lowest BCUT2D eigenvalue weighted by atomic mass is 9.99. The maximum absolute atomic E-state index is 14.0. The van der Waals surface area contributed by atoms with Crippen molar-refractivity contribution in [3.8, 4) is 11.5 Å². The van der Waals surface area contributed by atoms with Crippen LogP contribution in [0, 0.1) is 0 Å². The zero-order valence-electron chi connectivity index (χ0n) is 25.0. The van der Waals surface area contributed by atoms with Crippen LogP contribution in [-0.4, -0.2) is 81.1 Å². The van der Waals surface area contributed by atoms with Gasteiger partial charge >= 0.3 is 0 Å². The van der Waals surface area contributed by atoms with Gasteiger partial charge in [-0.2, -0.15) is 0 Å². The average molecular weight is 557 g/mol. The molecule has 218 valence electrons. The lowest BCUT2D eigenvalue weighted by Gasteiger charge is -2.36. The maximum atomic E-state index is 14.0. The Morgan fingerprint density at radius 3 is 2.37 bits per heavy atom. The van der Waals surface area contributed by atoms with E-state index in [4.69, 9.17) is 9.47 Å². The van der Waals surface area contributed by atoms with Crippen LogP contribution in [0.15, 0.2) is 66.7 Å². The summed E-state index contributed by atoms with van der Waals surface area (Å²) in [5.41, 5.74) is 5.60. The molecule has 1 fully saturated rings. The minimum Gasteiger partial charge on any atom is -0.493 e. The number of ether oxygens (including phenoxy) is 2. The summed E-state index contributed by atoms with van der Waals surface area (Å²) in [5, 5.41) is 0. The molecule has 1 amide bonds. The molecule has 2 heterocycles. The standard InChI is InChI=1S/C34H44N4O3/c1-5-36-19-21-37(22-20-36)31-14-9-13-28-29(31)25-38(34(28)39)30(27-16-17-32(40-3)33(23-27)41-4)15-10-18-35(2)24-26-11-7-6-8-12-26/h6-9,11-14,16-17,23,30H,5,10,15,18-22,24-25H2,1-4H3/t30-/m1/s1. The number of anilines is 1. The highest BCUT2D eigenvalue weighted by atomic mass is 16.5. The largest absolute Gasteiger partial charge is 0.493 e. The number of amides is 1. The van der Waals surface area contributed by atoms with Crippen molar-refractivity contribution in [1.29, 1.82) is 0 Å². The first-order chi connectivity index (χ1) is 20.0. The number of carbonyl (C=O) groups is 1. The number of methoxy groups -OCH3 is 2. The van der Waals surface area contributed by atoms with Gasteiger partial charge in [0.2, 0.25) is 0 Å². The number of fused-ring (bicyclic) bond motifs is 1. The Morgan fingerprint density at radius 1 is 0.902 bits per heavy atom. The highest BCUT2D eigenvalue weighted by Gasteiger charge is 2.36. The third-order valence-electron chi connectivity index (χ3n) is 8.61. The van der Waals surface area contributed by atoms with Crippen molar-refractivity contribution in [1.82, 2.24) is 14.7 Å². The Balaban J connectivity index is 1.37. The van der Waals surface area contributed by atoms with Crippen molar-refractivity contribution in [2.45, 2.75) is 38.9 Å². The lowest BCUT2D eigenvalue weighted by Crippen LogP contribution is -2.46. The van der Waals surface area contributed by atoms with E-state index in [0.717, 1.165) is 75.3 Å². The molecule has 5 rings (SSSR count). The van der Waals surface area contributed by atoms with Crippen molar-refractivity contribution in [3.63, 3.8) is 0 Å². The number of hydrogen-bond donors (Lipinski definition) is 0. The molecule has 0 bridgehead atoms. The number of carbonyl (C=O) groups excluding carboxylic acids is 1. The van der Waals surface area contributed by atoms with Gasteiger partial charge in [0, 0.05) is 56.1 Å². The number of nitrogens with zero attached hydrogens (tertiary/aromatic N) is 4. The van der Waals surface area contributed by atoms with Gasteiger partial charge in [-0.25, -0.2) is 0 Å². The molecule has 0 spiro atoms.